The molecule has 2 aromatic rings. The third-order valence-corrected chi connectivity index (χ3v) is 10.1. The first-order chi connectivity index (χ1) is 20.8. The summed E-state index contributed by atoms with van der Waals surface area (Å²) in [5.41, 5.74) is 4.22. The molecule has 1 spiro atoms. The van der Waals surface area contributed by atoms with Crippen LogP contribution >= 0.6 is 0 Å². The third-order valence-electron chi connectivity index (χ3n) is 10.1. The second kappa shape index (κ2) is 11.1. The number of β-amino-alcohol motifs (C(OH)–C–C–N with tert-alkyl or cyclic N) is 1. The molecular formula is C36H45N3O5. The first kappa shape index (κ1) is 30.4. The Bertz CT molecular complexity index is 1500. The summed E-state index contributed by atoms with van der Waals surface area (Å²) >= 11 is 0. The molecule has 2 atom stereocenters. The van der Waals surface area contributed by atoms with Crippen molar-refractivity contribution in [2.24, 2.45) is 5.41 Å². The highest BCUT2D eigenvalue weighted by Gasteiger charge is 2.45. The lowest BCUT2D eigenvalue weighted by molar-refractivity contribution is -0.0168. The largest absolute Gasteiger partial charge is 0.444 e. The molecule has 1 N–H and O–H groups in total. The zero-order chi connectivity index (χ0) is 31.4. The number of amides is 2. The summed E-state index contributed by atoms with van der Waals surface area (Å²) in [7, 11) is 0. The van der Waals surface area contributed by atoms with E-state index in [-0.39, 0.29) is 12.5 Å². The lowest BCUT2D eigenvalue weighted by Gasteiger charge is -2.45. The molecule has 4 aliphatic rings. The third kappa shape index (κ3) is 5.90. The molecule has 3 aliphatic heterocycles. The van der Waals surface area contributed by atoms with Crippen LogP contribution in [0.3, 0.4) is 0 Å². The topological polar surface area (TPSA) is 90.4 Å². The number of hydrogen-bond acceptors (Lipinski definition) is 6. The van der Waals surface area contributed by atoms with E-state index in [1.807, 2.05) is 73.0 Å². The fourth-order valence-corrected chi connectivity index (χ4v) is 7.33. The van der Waals surface area contributed by atoms with Crippen molar-refractivity contribution in [3.05, 3.63) is 70.3 Å². The van der Waals surface area contributed by atoms with Gasteiger partial charge in [-0.2, -0.15) is 0 Å². The van der Waals surface area contributed by atoms with Gasteiger partial charge in [-0.15, -0.1) is 0 Å². The van der Waals surface area contributed by atoms with E-state index < -0.39 is 29.3 Å². The maximum atomic E-state index is 13.5. The summed E-state index contributed by atoms with van der Waals surface area (Å²) in [6, 6.07) is 13.1. The molecule has 1 aliphatic carbocycles. The lowest BCUT2D eigenvalue weighted by Crippen LogP contribution is -2.55. The predicted octanol–water partition coefficient (Wildman–Crippen LogP) is 5.19. The molecule has 3 heterocycles. The van der Waals surface area contributed by atoms with Gasteiger partial charge in [-0.1, -0.05) is 44.2 Å². The highest BCUT2D eigenvalue weighted by Crippen LogP contribution is 2.53. The van der Waals surface area contributed by atoms with Crippen molar-refractivity contribution >= 4 is 23.6 Å². The summed E-state index contributed by atoms with van der Waals surface area (Å²) in [4.78, 5) is 44.8. The van der Waals surface area contributed by atoms with Crippen LogP contribution in [-0.4, -0.2) is 81.7 Å². The Morgan fingerprint density at radius 2 is 1.73 bits per heavy atom. The van der Waals surface area contributed by atoms with E-state index in [1.165, 1.54) is 12.8 Å². The molecule has 2 amide bonds. The van der Waals surface area contributed by atoms with Gasteiger partial charge in [-0.3, -0.25) is 9.69 Å². The molecule has 1 saturated carbocycles. The summed E-state index contributed by atoms with van der Waals surface area (Å²) < 4.78 is 5.74. The van der Waals surface area contributed by atoms with Crippen molar-refractivity contribution in [3.63, 3.8) is 0 Å². The van der Waals surface area contributed by atoms with Crippen molar-refractivity contribution in [2.75, 3.05) is 26.2 Å². The van der Waals surface area contributed by atoms with Gasteiger partial charge < -0.3 is 19.6 Å². The maximum absolute atomic E-state index is 13.5. The van der Waals surface area contributed by atoms with Crippen LogP contribution < -0.4 is 0 Å². The zero-order valence-electron chi connectivity index (χ0n) is 26.7. The summed E-state index contributed by atoms with van der Waals surface area (Å²) in [6.45, 7) is 12.2. The van der Waals surface area contributed by atoms with E-state index in [2.05, 4.69) is 19.8 Å². The van der Waals surface area contributed by atoms with Crippen LogP contribution in [0.4, 0.5) is 4.79 Å². The highest BCUT2D eigenvalue weighted by molar-refractivity contribution is 5.96. The first-order valence-corrected chi connectivity index (χ1v) is 16.0. The minimum absolute atomic E-state index is 0.0494. The van der Waals surface area contributed by atoms with E-state index in [0.717, 1.165) is 48.2 Å². The van der Waals surface area contributed by atoms with E-state index >= 15 is 0 Å². The average Bonchev–Trinajstić information content (AvgIpc) is 3.73. The molecule has 8 nitrogen and oxygen atoms in total. The fourth-order valence-electron chi connectivity index (χ4n) is 7.33. The Kier molecular flexibility index (Phi) is 7.66. The number of fused-ring (bicyclic) bond motifs is 2. The number of nitrogens with zero attached hydrogens (tertiary/aromatic N) is 3. The maximum Gasteiger partial charge on any atom is 0.410 e. The van der Waals surface area contributed by atoms with Crippen LogP contribution in [0.15, 0.2) is 42.5 Å². The van der Waals surface area contributed by atoms with E-state index in [4.69, 9.17) is 4.74 Å². The van der Waals surface area contributed by atoms with Gasteiger partial charge in [-0.05, 0) is 87.1 Å². The number of likely N-dealkylation sites (tertiary alicyclic amines) is 1. The van der Waals surface area contributed by atoms with Gasteiger partial charge >= 0.3 is 6.09 Å². The van der Waals surface area contributed by atoms with E-state index in [0.29, 0.717) is 36.2 Å². The Labute approximate surface area is 260 Å². The summed E-state index contributed by atoms with van der Waals surface area (Å²) in [5, 5.41) is 11.7. The highest BCUT2D eigenvalue weighted by atomic mass is 16.6. The van der Waals surface area contributed by atoms with Gasteiger partial charge in [-0.25, -0.2) is 9.59 Å². The van der Waals surface area contributed by atoms with Crippen molar-refractivity contribution in [3.8, 4) is 0 Å². The molecule has 2 fully saturated rings. The normalized spacial score (nSPS) is 22.5. The molecule has 234 valence electrons. The molecule has 8 heteroatoms. The minimum Gasteiger partial charge on any atom is -0.444 e. The average molecular weight is 600 g/mol. The van der Waals surface area contributed by atoms with Crippen LogP contribution in [0, 0.1) is 5.41 Å². The van der Waals surface area contributed by atoms with Crippen LogP contribution in [0.2, 0.25) is 0 Å². The summed E-state index contributed by atoms with van der Waals surface area (Å²) in [5.74, 6) is 2.20. The number of aliphatic hydroxyl groups is 1. The standard InChI is InChI=1S/C36H45N3O5/c1-34(2,3)44-33(43)39-20-26-9-7-6-8-24(26)19-29(39)31(41)21-38-23-35(4,5)28-18-25(10-11-27(28)30(38)22-40)32(42)37-16-14-36(12-13-36)15-17-37/h6-11,18,29,31,41H,12-17,19-21,23H2,1-5H3. The fraction of sp³-hybridized carbons (Fsp3) is 0.556. The predicted molar refractivity (Wildman–Crippen MR) is 169 cm³/mol. The smallest absolute Gasteiger partial charge is 0.410 e. The van der Waals surface area contributed by atoms with Crippen LogP contribution in [0.5, 0.6) is 0 Å². The van der Waals surface area contributed by atoms with Crippen molar-refractivity contribution < 1.29 is 24.2 Å². The molecule has 0 aromatic heterocycles. The van der Waals surface area contributed by atoms with Gasteiger partial charge in [0.25, 0.3) is 5.91 Å². The van der Waals surface area contributed by atoms with Gasteiger partial charge in [0.2, 0.25) is 0 Å². The minimum atomic E-state index is -0.953. The van der Waals surface area contributed by atoms with E-state index in [9.17, 15) is 19.5 Å². The number of carbonyl (C=O) groups excluding carboxylic acids is 3. The van der Waals surface area contributed by atoms with Crippen LogP contribution in [0.25, 0.3) is 5.70 Å². The van der Waals surface area contributed by atoms with Gasteiger partial charge in [0, 0.05) is 49.3 Å². The molecule has 0 bridgehead atoms. The molecular weight excluding hydrogens is 554 g/mol. The quantitative estimate of drug-likeness (QED) is 0.487. The van der Waals surface area contributed by atoms with Crippen LogP contribution in [0.1, 0.15) is 92.9 Å². The Hall–Kier alpha value is -3.61. The first-order valence-electron chi connectivity index (χ1n) is 16.0. The number of benzene rings is 2. The number of piperidine rings is 1. The van der Waals surface area contributed by atoms with Crippen LogP contribution in [-0.2, 0) is 27.9 Å². The molecule has 2 unspecified atom stereocenters. The van der Waals surface area contributed by atoms with Gasteiger partial charge in [0.05, 0.1) is 12.1 Å². The van der Waals surface area contributed by atoms with Crippen molar-refractivity contribution in [1.82, 2.24) is 14.7 Å². The SMILES string of the molecule is CC(C)(C)OC(=O)N1Cc2ccccc2CC1C(O)CN1CC(C)(C)c2cc(C(=O)N3CCC4(CC3)CC4)ccc2C1=C=O. The lowest BCUT2D eigenvalue weighted by atomic mass is 9.76. The molecule has 6 rings (SSSR count). The van der Waals surface area contributed by atoms with E-state index in [1.54, 1.807) is 4.90 Å². The second-order valence-electron chi connectivity index (χ2n) is 15.0. The Balaban J connectivity index is 1.23. The second-order valence-corrected chi connectivity index (χ2v) is 15.0. The molecule has 2 aromatic carbocycles. The number of aliphatic hydroxyl groups excluding tert-OH is 1. The van der Waals surface area contributed by atoms with Gasteiger partial charge in [0.15, 0.2) is 5.94 Å². The number of rotatable bonds is 4. The summed E-state index contributed by atoms with van der Waals surface area (Å²) in [6.07, 6.45) is 3.82. The monoisotopic (exact) mass is 599 g/mol. The number of hydrogen-bond donors (Lipinski definition) is 1. The number of ether oxygens (including phenoxy) is 1. The zero-order valence-corrected chi connectivity index (χ0v) is 26.7. The van der Waals surface area contributed by atoms with Gasteiger partial charge in [0.1, 0.15) is 11.3 Å². The molecule has 0 radical (unpaired) electrons. The Morgan fingerprint density at radius 1 is 1.05 bits per heavy atom. The Morgan fingerprint density at radius 3 is 2.36 bits per heavy atom. The molecule has 44 heavy (non-hydrogen) atoms. The van der Waals surface area contributed by atoms with Crippen molar-refractivity contribution in [2.45, 2.75) is 96.4 Å². The number of carbonyl (C=O) groups is 2. The van der Waals surface area contributed by atoms with Crippen molar-refractivity contribution in [1.29, 1.82) is 0 Å². The molecule has 1 saturated heterocycles.